The number of rotatable bonds is 5. The molecule has 1 fully saturated rings. The minimum atomic E-state index is -1.14. The molecule has 9 heteroatoms. The van der Waals surface area contributed by atoms with Gasteiger partial charge in [-0.15, -0.1) is 0 Å². The lowest BCUT2D eigenvalue weighted by Crippen LogP contribution is -2.54. The van der Waals surface area contributed by atoms with Gasteiger partial charge in [0.2, 0.25) is 0 Å². The summed E-state index contributed by atoms with van der Waals surface area (Å²) in [5, 5.41) is 11.3. The summed E-state index contributed by atoms with van der Waals surface area (Å²) in [6, 6.07) is 13.2. The molecule has 2 amide bonds. The molecule has 0 aliphatic carbocycles. The van der Waals surface area contributed by atoms with Crippen LogP contribution in [0.5, 0.6) is 5.75 Å². The van der Waals surface area contributed by atoms with Crippen molar-refractivity contribution < 1.29 is 24.2 Å². The number of anilines is 1. The van der Waals surface area contributed by atoms with Crippen LogP contribution in [0.15, 0.2) is 54.1 Å². The minimum absolute atomic E-state index is 0.00574. The summed E-state index contributed by atoms with van der Waals surface area (Å²) in [7, 11) is 0. The molecule has 142 valence electrons. The van der Waals surface area contributed by atoms with E-state index in [1.165, 1.54) is 23.1 Å². The average Bonchev–Trinajstić information content (AvgIpc) is 2.65. The van der Waals surface area contributed by atoms with E-state index in [9.17, 15) is 14.4 Å². The SMILES string of the molecule is O=C(O)COc1ccc(/C=C2\C(=O)NC(=S)N(c3ccccc3)C2=O)cc1Cl. The second-order valence-corrected chi connectivity index (χ2v) is 6.46. The number of hydrogen-bond donors (Lipinski definition) is 2. The third-order valence-corrected chi connectivity index (χ3v) is 4.31. The molecule has 2 aromatic carbocycles. The fraction of sp³-hybridized carbons (Fsp3) is 0.0526. The molecule has 0 unspecified atom stereocenters. The number of nitrogens with one attached hydrogen (secondary N) is 1. The largest absolute Gasteiger partial charge is 0.480 e. The Labute approximate surface area is 170 Å². The fourth-order valence-electron chi connectivity index (χ4n) is 2.50. The van der Waals surface area contributed by atoms with Crippen LogP contribution in [0.3, 0.4) is 0 Å². The van der Waals surface area contributed by atoms with Gasteiger partial charge in [0.25, 0.3) is 11.8 Å². The van der Waals surface area contributed by atoms with E-state index in [0.29, 0.717) is 11.3 Å². The summed E-state index contributed by atoms with van der Waals surface area (Å²) in [4.78, 5) is 37.0. The standard InChI is InChI=1S/C19H13ClN2O5S/c20-14-9-11(6-7-15(14)27-10-16(23)24)8-13-17(25)21-19(28)22(18(13)26)12-4-2-1-3-5-12/h1-9H,10H2,(H,23,24)(H,21,25,28)/b13-8+. The van der Waals surface area contributed by atoms with Crippen molar-refractivity contribution in [3.05, 3.63) is 64.7 Å². The molecule has 1 heterocycles. The molecule has 0 saturated carbocycles. The number of halogens is 1. The number of thiocarbonyl (C=S) groups is 1. The minimum Gasteiger partial charge on any atom is -0.480 e. The molecule has 1 aliphatic rings. The number of benzene rings is 2. The third-order valence-electron chi connectivity index (χ3n) is 3.73. The molecule has 0 radical (unpaired) electrons. The number of carbonyl (C=O) groups is 3. The van der Waals surface area contributed by atoms with Crippen LogP contribution in [0, 0.1) is 0 Å². The second kappa shape index (κ2) is 8.20. The fourth-order valence-corrected chi connectivity index (χ4v) is 3.02. The summed E-state index contributed by atoms with van der Waals surface area (Å²) in [6.07, 6.45) is 1.38. The highest BCUT2D eigenvalue weighted by molar-refractivity contribution is 7.80. The van der Waals surface area contributed by atoms with Crippen molar-refractivity contribution in [1.29, 1.82) is 0 Å². The number of carboxylic acids is 1. The third kappa shape index (κ3) is 4.19. The number of hydrogen-bond acceptors (Lipinski definition) is 5. The Balaban J connectivity index is 1.91. The number of nitrogens with zero attached hydrogens (tertiary/aromatic N) is 1. The van der Waals surface area contributed by atoms with Crippen molar-refractivity contribution in [2.75, 3.05) is 11.5 Å². The maximum absolute atomic E-state index is 12.9. The first kappa shape index (κ1) is 19.5. The Hall–Kier alpha value is -3.23. The van der Waals surface area contributed by atoms with Gasteiger partial charge in [0.15, 0.2) is 11.7 Å². The quantitative estimate of drug-likeness (QED) is 0.442. The van der Waals surface area contributed by atoms with E-state index in [4.69, 9.17) is 33.7 Å². The van der Waals surface area contributed by atoms with Crippen molar-refractivity contribution in [2.45, 2.75) is 0 Å². The van der Waals surface area contributed by atoms with Gasteiger partial charge in [-0.25, -0.2) is 4.79 Å². The predicted molar refractivity (Wildman–Crippen MR) is 107 cm³/mol. The molecular formula is C19H13ClN2O5S. The van der Waals surface area contributed by atoms with Gasteiger partial charge < -0.3 is 9.84 Å². The molecular weight excluding hydrogens is 404 g/mol. The predicted octanol–water partition coefficient (Wildman–Crippen LogP) is 2.63. The van der Waals surface area contributed by atoms with Gasteiger partial charge in [0.05, 0.1) is 10.7 Å². The van der Waals surface area contributed by atoms with E-state index in [-0.39, 0.29) is 21.5 Å². The maximum atomic E-state index is 12.9. The van der Waals surface area contributed by atoms with Crippen LogP contribution in [0.1, 0.15) is 5.56 Å². The molecule has 2 aromatic rings. The van der Waals surface area contributed by atoms with Crippen LogP contribution < -0.4 is 15.0 Å². The zero-order valence-corrected chi connectivity index (χ0v) is 15.8. The van der Waals surface area contributed by atoms with Gasteiger partial charge >= 0.3 is 5.97 Å². The van der Waals surface area contributed by atoms with E-state index in [1.807, 2.05) is 0 Å². The van der Waals surface area contributed by atoms with Gasteiger partial charge in [-0.3, -0.25) is 19.8 Å². The topological polar surface area (TPSA) is 95.9 Å². The lowest BCUT2D eigenvalue weighted by molar-refractivity contribution is -0.139. The first-order valence-corrected chi connectivity index (χ1v) is 8.76. The molecule has 28 heavy (non-hydrogen) atoms. The van der Waals surface area contributed by atoms with Crippen molar-refractivity contribution in [2.24, 2.45) is 0 Å². The van der Waals surface area contributed by atoms with E-state index < -0.39 is 24.4 Å². The Morgan fingerprint density at radius 1 is 1.21 bits per heavy atom. The summed E-state index contributed by atoms with van der Waals surface area (Å²) < 4.78 is 5.05. The van der Waals surface area contributed by atoms with Gasteiger partial charge in [0, 0.05) is 0 Å². The van der Waals surface area contributed by atoms with E-state index in [0.717, 1.165) is 0 Å². The second-order valence-electron chi connectivity index (χ2n) is 5.67. The number of amides is 2. The Morgan fingerprint density at radius 2 is 1.93 bits per heavy atom. The smallest absolute Gasteiger partial charge is 0.341 e. The summed E-state index contributed by atoms with van der Waals surface area (Å²) >= 11 is 11.2. The highest BCUT2D eigenvalue weighted by Crippen LogP contribution is 2.27. The number of carbonyl (C=O) groups excluding carboxylic acids is 2. The number of carboxylic acid groups (broad SMARTS) is 1. The highest BCUT2D eigenvalue weighted by Gasteiger charge is 2.34. The average molecular weight is 417 g/mol. The first-order chi connectivity index (χ1) is 13.4. The lowest BCUT2D eigenvalue weighted by Gasteiger charge is -2.28. The monoisotopic (exact) mass is 416 g/mol. The Kier molecular flexibility index (Phi) is 5.72. The number of para-hydroxylation sites is 1. The summed E-state index contributed by atoms with van der Waals surface area (Å²) in [5.74, 6) is -2.15. The molecule has 3 rings (SSSR count). The van der Waals surface area contributed by atoms with Crippen LogP contribution in [0.4, 0.5) is 5.69 Å². The van der Waals surface area contributed by atoms with Crippen molar-refractivity contribution >= 4 is 58.5 Å². The molecule has 0 atom stereocenters. The molecule has 7 nitrogen and oxygen atoms in total. The normalized spacial score (nSPS) is 15.5. The summed E-state index contributed by atoms with van der Waals surface area (Å²) in [5.41, 5.74) is 0.874. The van der Waals surface area contributed by atoms with Crippen LogP contribution in [0.25, 0.3) is 6.08 Å². The Morgan fingerprint density at radius 3 is 2.57 bits per heavy atom. The summed E-state index contributed by atoms with van der Waals surface area (Å²) in [6.45, 7) is -0.537. The maximum Gasteiger partial charge on any atom is 0.341 e. The molecule has 1 saturated heterocycles. The number of aliphatic carboxylic acids is 1. The molecule has 2 N–H and O–H groups in total. The molecule has 1 aliphatic heterocycles. The van der Waals surface area contributed by atoms with E-state index in [2.05, 4.69) is 5.32 Å². The first-order valence-electron chi connectivity index (χ1n) is 7.97. The van der Waals surface area contributed by atoms with E-state index in [1.54, 1.807) is 36.4 Å². The number of ether oxygens (including phenoxy) is 1. The van der Waals surface area contributed by atoms with Crippen LogP contribution in [-0.2, 0) is 14.4 Å². The Bertz CT molecular complexity index is 1010. The zero-order chi connectivity index (χ0) is 20.3. The van der Waals surface area contributed by atoms with Gasteiger partial charge in [-0.05, 0) is 48.1 Å². The van der Waals surface area contributed by atoms with Crippen molar-refractivity contribution in [1.82, 2.24) is 5.32 Å². The van der Waals surface area contributed by atoms with Crippen LogP contribution in [-0.4, -0.2) is 34.6 Å². The van der Waals surface area contributed by atoms with E-state index >= 15 is 0 Å². The zero-order valence-electron chi connectivity index (χ0n) is 14.2. The molecule has 0 aromatic heterocycles. The highest BCUT2D eigenvalue weighted by atomic mass is 35.5. The lowest BCUT2D eigenvalue weighted by atomic mass is 10.1. The van der Waals surface area contributed by atoms with Gasteiger partial charge in [-0.1, -0.05) is 35.9 Å². The van der Waals surface area contributed by atoms with Crippen molar-refractivity contribution in [3.8, 4) is 5.75 Å². The van der Waals surface area contributed by atoms with Gasteiger partial charge in [0.1, 0.15) is 11.3 Å². The van der Waals surface area contributed by atoms with Crippen LogP contribution in [0.2, 0.25) is 5.02 Å². The molecule has 0 bridgehead atoms. The van der Waals surface area contributed by atoms with Gasteiger partial charge in [-0.2, -0.15) is 0 Å². The molecule has 0 spiro atoms. The van der Waals surface area contributed by atoms with Crippen molar-refractivity contribution in [3.63, 3.8) is 0 Å². The van der Waals surface area contributed by atoms with Crippen LogP contribution >= 0.6 is 23.8 Å².